The second kappa shape index (κ2) is 7.23. The molecule has 7 heteroatoms. The molecule has 0 bridgehead atoms. The monoisotopic (exact) mass is 362 g/mol. The van der Waals surface area contributed by atoms with Crippen LogP contribution >= 0.6 is 0 Å². The molecule has 0 aromatic heterocycles. The van der Waals surface area contributed by atoms with E-state index in [2.05, 4.69) is 10.6 Å². The predicted octanol–water partition coefficient (Wildman–Crippen LogP) is 2.61. The van der Waals surface area contributed by atoms with Crippen LogP contribution in [0.1, 0.15) is 12.0 Å². The lowest BCUT2D eigenvalue weighted by atomic mass is 10.1. The van der Waals surface area contributed by atoms with Crippen LogP contribution in [-0.2, 0) is 21.1 Å². The smallest absolute Gasteiger partial charge is 0.228 e. The van der Waals surface area contributed by atoms with Gasteiger partial charge in [0, 0.05) is 17.4 Å². The van der Waals surface area contributed by atoms with Crippen LogP contribution in [0, 0.1) is 5.82 Å². The molecule has 1 aliphatic heterocycles. The van der Waals surface area contributed by atoms with Crippen LogP contribution in [0.15, 0.2) is 48.5 Å². The third-order valence-corrected chi connectivity index (χ3v) is 5.79. The number of sulfone groups is 1. The third-order valence-electron chi connectivity index (χ3n) is 4.03. The molecule has 1 atom stereocenters. The van der Waals surface area contributed by atoms with E-state index in [-0.39, 0.29) is 35.7 Å². The fourth-order valence-corrected chi connectivity index (χ4v) is 4.51. The van der Waals surface area contributed by atoms with Gasteiger partial charge in [0.25, 0.3) is 0 Å². The Morgan fingerprint density at radius 1 is 1.12 bits per heavy atom. The summed E-state index contributed by atoms with van der Waals surface area (Å²) in [6.07, 6.45) is 0.701. The number of halogens is 1. The molecule has 1 amide bonds. The van der Waals surface area contributed by atoms with E-state index in [1.165, 1.54) is 12.1 Å². The SMILES string of the molecule is O=C(Cc1cccc(F)c1)Nc1ccc(NC2CCS(=O)(=O)C2)cc1. The number of amides is 1. The highest BCUT2D eigenvalue weighted by Crippen LogP contribution is 2.19. The lowest BCUT2D eigenvalue weighted by Crippen LogP contribution is -2.20. The quantitative estimate of drug-likeness (QED) is 0.857. The summed E-state index contributed by atoms with van der Waals surface area (Å²) >= 11 is 0. The van der Waals surface area contributed by atoms with Gasteiger partial charge in [-0.3, -0.25) is 4.79 Å². The van der Waals surface area contributed by atoms with Gasteiger partial charge in [0.05, 0.1) is 17.9 Å². The Balaban J connectivity index is 1.54. The molecule has 2 N–H and O–H groups in total. The molecule has 1 aliphatic rings. The highest BCUT2D eigenvalue weighted by Gasteiger charge is 2.27. The first-order valence-corrected chi connectivity index (χ1v) is 9.83. The topological polar surface area (TPSA) is 75.3 Å². The summed E-state index contributed by atoms with van der Waals surface area (Å²) in [5, 5.41) is 5.95. The maximum absolute atomic E-state index is 13.1. The number of hydrogen-bond donors (Lipinski definition) is 2. The first-order chi connectivity index (χ1) is 11.9. The lowest BCUT2D eigenvalue weighted by molar-refractivity contribution is -0.115. The zero-order valence-corrected chi connectivity index (χ0v) is 14.4. The lowest BCUT2D eigenvalue weighted by Gasteiger charge is -2.13. The minimum absolute atomic E-state index is 0.0709. The highest BCUT2D eigenvalue weighted by molar-refractivity contribution is 7.91. The molecule has 0 aliphatic carbocycles. The van der Waals surface area contributed by atoms with Crippen molar-refractivity contribution in [1.82, 2.24) is 0 Å². The molecular weight excluding hydrogens is 343 g/mol. The van der Waals surface area contributed by atoms with Crippen molar-refractivity contribution in [2.75, 3.05) is 22.1 Å². The summed E-state index contributed by atoms with van der Waals surface area (Å²) in [5.41, 5.74) is 2.05. The van der Waals surface area contributed by atoms with Gasteiger partial charge in [-0.25, -0.2) is 12.8 Å². The average Bonchev–Trinajstić information content (AvgIpc) is 2.88. The second-order valence-electron chi connectivity index (χ2n) is 6.18. The summed E-state index contributed by atoms with van der Waals surface area (Å²) in [6.45, 7) is 0. The van der Waals surface area contributed by atoms with E-state index in [0.29, 0.717) is 17.7 Å². The molecule has 3 rings (SSSR count). The Bertz CT molecular complexity index is 866. The van der Waals surface area contributed by atoms with Crippen molar-refractivity contribution in [1.29, 1.82) is 0 Å². The molecule has 132 valence electrons. The number of carbonyl (C=O) groups excluding carboxylic acids is 1. The van der Waals surface area contributed by atoms with E-state index >= 15 is 0 Å². The fraction of sp³-hybridized carbons (Fsp3) is 0.278. The van der Waals surface area contributed by atoms with Gasteiger partial charge in [0.2, 0.25) is 5.91 Å². The normalized spacial score (nSPS) is 18.7. The Morgan fingerprint density at radius 2 is 1.84 bits per heavy atom. The van der Waals surface area contributed by atoms with E-state index in [4.69, 9.17) is 0 Å². The molecule has 25 heavy (non-hydrogen) atoms. The molecule has 1 saturated heterocycles. The number of benzene rings is 2. The maximum atomic E-state index is 13.1. The van der Waals surface area contributed by atoms with E-state index in [1.807, 2.05) is 0 Å². The molecule has 2 aromatic rings. The van der Waals surface area contributed by atoms with E-state index < -0.39 is 9.84 Å². The Morgan fingerprint density at radius 3 is 2.48 bits per heavy atom. The summed E-state index contributed by atoms with van der Waals surface area (Å²) in [7, 11) is -2.92. The molecule has 0 radical (unpaired) electrons. The summed E-state index contributed by atoms with van der Waals surface area (Å²) in [4.78, 5) is 12.0. The van der Waals surface area contributed by atoms with Crippen molar-refractivity contribution in [2.45, 2.75) is 18.9 Å². The average molecular weight is 362 g/mol. The Labute approximate surface area is 146 Å². The van der Waals surface area contributed by atoms with Crippen molar-refractivity contribution in [3.05, 3.63) is 59.9 Å². The van der Waals surface area contributed by atoms with Gasteiger partial charge in [0.15, 0.2) is 9.84 Å². The summed E-state index contributed by atoms with van der Waals surface area (Å²) in [5.74, 6) is -0.222. The van der Waals surface area contributed by atoms with Crippen molar-refractivity contribution in [3.63, 3.8) is 0 Å². The first-order valence-electron chi connectivity index (χ1n) is 8.01. The number of anilines is 2. The standard InChI is InChI=1S/C18H19FN2O3S/c19-14-3-1-2-13(10-14)11-18(22)21-16-6-4-15(5-7-16)20-17-8-9-25(23,24)12-17/h1-7,10,17,20H,8-9,11-12H2,(H,21,22). The van der Waals surface area contributed by atoms with E-state index in [9.17, 15) is 17.6 Å². The first kappa shape index (κ1) is 17.4. The molecule has 1 fully saturated rings. The van der Waals surface area contributed by atoms with Crippen LogP contribution in [0.25, 0.3) is 0 Å². The molecule has 1 heterocycles. The van der Waals surface area contributed by atoms with Crippen LogP contribution in [-0.4, -0.2) is 31.9 Å². The van der Waals surface area contributed by atoms with Crippen molar-refractivity contribution in [3.8, 4) is 0 Å². The molecule has 0 saturated carbocycles. The van der Waals surface area contributed by atoms with Crippen molar-refractivity contribution >= 4 is 27.1 Å². The molecule has 1 unspecified atom stereocenters. The molecule has 2 aromatic carbocycles. The molecule has 0 spiro atoms. The third kappa shape index (κ3) is 5.03. The van der Waals surface area contributed by atoms with Crippen LogP contribution in [0.3, 0.4) is 0 Å². The number of hydrogen-bond acceptors (Lipinski definition) is 4. The van der Waals surface area contributed by atoms with Crippen LogP contribution in [0.4, 0.5) is 15.8 Å². The van der Waals surface area contributed by atoms with Gasteiger partial charge in [0.1, 0.15) is 5.82 Å². The highest BCUT2D eigenvalue weighted by atomic mass is 32.2. The van der Waals surface area contributed by atoms with Crippen LogP contribution in [0.2, 0.25) is 0 Å². The van der Waals surface area contributed by atoms with Gasteiger partial charge >= 0.3 is 0 Å². The van der Waals surface area contributed by atoms with Crippen LogP contribution < -0.4 is 10.6 Å². The van der Waals surface area contributed by atoms with Crippen molar-refractivity contribution in [2.24, 2.45) is 0 Å². The minimum atomic E-state index is -2.92. The summed E-state index contributed by atoms with van der Waals surface area (Å²) in [6, 6.07) is 13.0. The van der Waals surface area contributed by atoms with Gasteiger partial charge < -0.3 is 10.6 Å². The zero-order valence-electron chi connectivity index (χ0n) is 13.5. The fourth-order valence-electron chi connectivity index (χ4n) is 2.83. The molecule has 5 nitrogen and oxygen atoms in total. The van der Waals surface area contributed by atoms with Gasteiger partial charge in [-0.05, 0) is 48.4 Å². The Hall–Kier alpha value is -2.41. The summed E-state index contributed by atoms with van der Waals surface area (Å²) < 4.78 is 36.1. The van der Waals surface area contributed by atoms with Crippen molar-refractivity contribution < 1.29 is 17.6 Å². The van der Waals surface area contributed by atoms with E-state index in [1.54, 1.807) is 36.4 Å². The minimum Gasteiger partial charge on any atom is -0.381 e. The maximum Gasteiger partial charge on any atom is 0.228 e. The van der Waals surface area contributed by atoms with Gasteiger partial charge in [-0.15, -0.1) is 0 Å². The van der Waals surface area contributed by atoms with E-state index in [0.717, 1.165) is 5.69 Å². The largest absolute Gasteiger partial charge is 0.381 e. The zero-order chi connectivity index (χ0) is 17.9. The Kier molecular flexibility index (Phi) is 5.03. The number of rotatable bonds is 5. The van der Waals surface area contributed by atoms with Crippen LogP contribution in [0.5, 0.6) is 0 Å². The van der Waals surface area contributed by atoms with Gasteiger partial charge in [-0.2, -0.15) is 0 Å². The number of carbonyl (C=O) groups is 1. The predicted molar refractivity (Wildman–Crippen MR) is 95.9 cm³/mol. The second-order valence-corrected chi connectivity index (χ2v) is 8.41. The molecular formula is C18H19FN2O3S. The number of nitrogens with one attached hydrogen (secondary N) is 2. The van der Waals surface area contributed by atoms with Gasteiger partial charge in [-0.1, -0.05) is 12.1 Å².